The third-order valence-corrected chi connectivity index (χ3v) is 8.35. The van der Waals surface area contributed by atoms with E-state index >= 15 is 0 Å². The molecule has 1 unspecified atom stereocenters. The molecule has 0 aliphatic rings. The number of anilines is 1. The molecule has 0 fully saturated rings. The van der Waals surface area contributed by atoms with E-state index in [2.05, 4.69) is 21.2 Å². The third kappa shape index (κ3) is 8.16. The Morgan fingerprint density at radius 3 is 2.03 bits per heavy atom. The highest BCUT2D eigenvalue weighted by Gasteiger charge is 2.33. The molecular formula is C30H36BrN3O4S. The van der Waals surface area contributed by atoms with Crippen molar-refractivity contribution in [3.8, 4) is 0 Å². The number of hydrogen-bond acceptors (Lipinski definition) is 4. The summed E-state index contributed by atoms with van der Waals surface area (Å²) in [6, 6.07) is 20.1. The minimum atomic E-state index is -4.09. The van der Waals surface area contributed by atoms with Crippen LogP contribution >= 0.6 is 15.9 Å². The zero-order chi connectivity index (χ0) is 29.0. The Morgan fingerprint density at radius 2 is 1.49 bits per heavy atom. The van der Waals surface area contributed by atoms with Crippen LogP contribution in [-0.2, 0) is 26.2 Å². The Hall–Kier alpha value is -3.17. The standard InChI is InChI=1S/C30H36BrN3O4S/c1-21-16-22(2)18-26(17-21)34(39(37,38)27-10-8-7-9-11-27)20-28(35)33(19-24-12-14-25(31)15-13-24)23(3)29(36)32-30(4,5)6/h7-18,23H,19-20H2,1-6H3,(H,32,36). The molecule has 0 spiro atoms. The van der Waals surface area contributed by atoms with E-state index < -0.39 is 34.1 Å². The number of benzene rings is 3. The lowest BCUT2D eigenvalue weighted by Gasteiger charge is -2.33. The van der Waals surface area contributed by atoms with E-state index in [0.29, 0.717) is 5.69 Å². The fraction of sp³-hybridized carbons (Fsp3) is 0.333. The van der Waals surface area contributed by atoms with Gasteiger partial charge in [0.05, 0.1) is 10.6 Å². The number of nitrogens with zero attached hydrogens (tertiary/aromatic N) is 2. The van der Waals surface area contributed by atoms with Crippen molar-refractivity contribution in [1.29, 1.82) is 0 Å². The van der Waals surface area contributed by atoms with E-state index in [1.807, 2.05) is 65.0 Å². The largest absolute Gasteiger partial charge is 0.350 e. The van der Waals surface area contributed by atoms with Crippen molar-refractivity contribution in [2.75, 3.05) is 10.8 Å². The average Bonchev–Trinajstić information content (AvgIpc) is 2.85. The van der Waals surface area contributed by atoms with Gasteiger partial charge in [0.25, 0.3) is 10.0 Å². The number of carbonyl (C=O) groups is 2. The second kappa shape index (κ2) is 12.3. The second-order valence-corrected chi connectivity index (χ2v) is 13.5. The molecule has 39 heavy (non-hydrogen) atoms. The normalized spacial score (nSPS) is 12.5. The first-order valence-corrected chi connectivity index (χ1v) is 14.9. The van der Waals surface area contributed by atoms with E-state index in [1.165, 1.54) is 17.0 Å². The Bertz CT molecular complexity index is 1400. The Morgan fingerprint density at radius 1 is 0.923 bits per heavy atom. The Balaban J connectivity index is 2.05. The average molecular weight is 615 g/mol. The van der Waals surface area contributed by atoms with Crippen LogP contribution in [0.15, 0.2) is 82.2 Å². The van der Waals surface area contributed by atoms with Crippen molar-refractivity contribution in [3.05, 3.63) is 94.0 Å². The van der Waals surface area contributed by atoms with E-state index in [-0.39, 0.29) is 17.3 Å². The van der Waals surface area contributed by atoms with Gasteiger partial charge in [-0.25, -0.2) is 8.42 Å². The molecule has 3 rings (SSSR count). The van der Waals surface area contributed by atoms with Gasteiger partial charge in [0.1, 0.15) is 12.6 Å². The second-order valence-electron chi connectivity index (χ2n) is 10.7. The molecule has 0 aliphatic heterocycles. The molecule has 1 atom stereocenters. The fourth-order valence-electron chi connectivity index (χ4n) is 4.19. The Kier molecular flexibility index (Phi) is 9.61. The summed E-state index contributed by atoms with van der Waals surface area (Å²) >= 11 is 3.42. The summed E-state index contributed by atoms with van der Waals surface area (Å²) < 4.78 is 29.8. The number of amides is 2. The summed E-state index contributed by atoms with van der Waals surface area (Å²) in [6.07, 6.45) is 0. The van der Waals surface area contributed by atoms with Crippen molar-refractivity contribution in [2.45, 2.75) is 64.6 Å². The number of sulfonamides is 1. The van der Waals surface area contributed by atoms with Crippen molar-refractivity contribution in [2.24, 2.45) is 0 Å². The topological polar surface area (TPSA) is 86.8 Å². The van der Waals surface area contributed by atoms with E-state index in [9.17, 15) is 18.0 Å². The molecule has 7 nitrogen and oxygen atoms in total. The fourth-order valence-corrected chi connectivity index (χ4v) is 5.87. The molecule has 0 aliphatic carbocycles. The highest BCUT2D eigenvalue weighted by Crippen LogP contribution is 2.27. The summed E-state index contributed by atoms with van der Waals surface area (Å²) in [7, 11) is -4.09. The molecule has 9 heteroatoms. The van der Waals surface area contributed by atoms with Gasteiger partial charge in [0, 0.05) is 16.6 Å². The maximum atomic E-state index is 14.0. The molecule has 0 saturated heterocycles. The predicted octanol–water partition coefficient (Wildman–Crippen LogP) is 5.59. The summed E-state index contributed by atoms with van der Waals surface area (Å²) in [5.74, 6) is -0.815. The van der Waals surface area contributed by atoms with Crippen LogP contribution in [0.2, 0.25) is 0 Å². The molecule has 208 valence electrons. The maximum Gasteiger partial charge on any atom is 0.264 e. The molecule has 3 aromatic carbocycles. The SMILES string of the molecule is Cc1cc(C)cc(N(CC(=O)N(Cc2ccc(Br)cc2)C(C)C(=O)NC(C)(C)C)S(=O)(=O)c2ccccc2)c1. The van der Waals surface area contributed by atoms with Crippen LogP contribution in [-0.4, -0.2) is 43.3 Å². The highest BCUT2D eigenvalue weighted by molar-refractivity contribution is 9.10. The van der Waals surface area contributed by atoms with Crippen molar-refractivity contribution in [1.82, 2.24) is 10.2 Å². The lowest BCUT2D eigenvalue weighted by Crippen LogP contribution is -2.54. The number of carbonyl (C=O) groups excluding carboxylic acids is 2. The quantitative estimate of drug-likeness (QED) is 0.341. The van der Waals surface area contributed by atoms with Crippen LogP contribution in [0.1, 0.15) is 44.4 Å². The number of halogens is 1. The molecule has 3 aromatic rings. The van der Waals surface area contributed by atoms with Gasteiger partial charge in [-0.15, -0.1) is 0 Å². The predicted molar refractivity (Wildman–Crippen MR) is 159 cm³/mol. The monoisotopic (exact) mass is 613 g/mol. The first-order valence-electron chi connectivity index (χ1n) is 12.7. The molecule has 1 N–H and O–H groups in total. The van der Waals surface area contributed by atoms with Gasteiger partial charge < -0.3 is 10.2 Å². The number of aryl methyl sites for hydroxylation is 2. The minimum Gasteiger partial charge on any atom is -0.350 e. The lowest BCUT2D eigenvalue weighted by molar-refractivity contribution is -0.140. The number of hydrogen-bond donors (Lipinski definition) is 1. The van der Waals surface area contributed by atoms with Gasteiger partial charge in [-0.3, -0.25) is 13.9 Å². The third-order valence-electron chi connectivity index (χ3n) is 6.04. The summed E-state index contributed by atoms with van der Waals surface area (Å²) in [4.78, 5) is 28.7. The highest BCUT2D eigenvalue weighted by atomic mass is 79.9. The zero-order valence-corrected chi connectivity index (χ0v) is 25.6. The lowest BCUT2D eigenvalue weighted by atomic mass is 10.1. The van der Waals surface area contributed by atoms with Gasteiger partial charge in [0.2, 0.25) is 11.8 Å². The van der Waals surface area contributed by atoms with Crippen molar-refractivity contribution in [3.63, 3.8) is 0 Å². The molecule has 2 amide bonds. The molecule has 0 aromatic heterocycles. The van der Waals surface area contributed by atoms with Crippen LogP contribution in [0, 0.1) is 13.8 Å². The molecular weight excluding hydrogens is 578 g/mol. The minimum absolute atomic E-state index is 0.0787. The number of rotatable bonds is 9. The van der Waals surface area contributed by atoms with Crippen LogP contribution in [0.5, 0.6) is 0 Å². The van der Waals surface area contributed by atoms with E-state index in [0.717, 1.165) is 25.5 Å². The van der Waals surface area contributed by atoms with Crippen LogP contribution in [0.25, 0.3) is 0 Å². The van der Waals surface area contributed by atoms with Crippen molar-refractivity contribution < 1.29 is 18.0 Å². The summed E-state index contributed by atoms with van der Waals surface area (Å²) in [5, 5.41) is 2.93. The maximum absolute atomic E-state index is 14.0. The molecule has 0 radical (unpaired) electrons. The van der Waals surface area contributed by atoms with Gasteiger partial charge in [-0.2, -0.15) is 0 Å². The first kappa shape index (κ1) is 30.4. The van der Waals surface area contributed by atoms with E-state index in [4.69, 9.17) is 0 Å². The van der Waals surface area contributed by atoms with Gasteiger partial charge in [-0.1, -0.05) is 52.3 Å². The van der Waals surface area contributed by atoms with Gasteiger partial charge >= 0.3 is 0 Å². The summed E-state index contributed by atoms with van der Waals surface area (Å²) in [5.41, 5.74) is 2.44. The number of nitrogens with one attached hydrogen (secondary N) is 1. The smallest absolute Gasteiger partial charge is 0.264 e. The van der Waals surface area contributed by atoms with Crippen LogP contribution in [0.3, 0.4) is 0 Å². The zero-order valence-electron chi connectivity index (χ0n) is 23.2. The molecule has 0 saturated carbocycles. The van der Waals surface area contributed by atoms with Crippen LogP contribution < -0.4 is 9.62 Å². The molecule has 0 heterocycles. The van der Waals surface area contributed by atoms with E-state index in [1.54, 1.807) is 37.3 Å². The summed E-state index contributed by atoms with van der Waals surface area (Å²) in [6.45, 7) is 10.7. The van der Waals surface area contributed by atoms with Crippen LogP contribution in [0.4, 0.5) is 5.69 Å². The van der Waals surface area contributed by atoms with Gasteiger partial charge in [0.15, 0.2) is 0 Å². The Labute approximate surface area is 240 Å². The first-order chi connectivity index (χ1) is 18.2. The van der Waals surface area contributed by atoms with Gasteiger partial charge in [-0.05, 0) is 94.6 Å². The molecule has 0 bridgehead atoms. The van der Waals surface area contributed by atoms with Crippen molar-refractivity contribution >= 4 is 43.5 Å².